The fourth-order valence-corrected chi connectivity index (χ4v) is 4.55. The first-order valence-electron chi connectivity index (χ1n) is 9.03. The zero-order valence-corrected chi connectivity index (χ0v) is 16.5. The van der Waals surface area contributed by atoms with Crippen LogP contribution in [0, 0.1) is 0 Å². The lowest BCUT2D eigenvalue weighted by atomic mass is 10.1. The highest BCUT2D eigenvalue weighted by atomic mass is 32.2. The molecule has 0 saturated carbocycles. The van der Waals surface area contributed by atoms with E-state index in [0.29, 0.717) is 16.9 Å². The number of hydrogen-bond acceptors (Lipinski definition) is 5. The van der Waals surface area contributed by atoms with Gasteiger partial charge >= 0.3 is 0 Å². The van der Waals surface area contributed by atoms with Crippen LogP contribution in [0.25, 0.3) is 16.6 Å². The molecule has 0 atom stereocenters. The van der Waals surface area contributed by atoms with E-state index >= 15 is 0 Å². The van der Waals surface area contributed by atoms with Gasteiger partial charge in [0.15, 0.2) is 5.65 Å². The Morgan fingerprint density at radius 3 is 2.48 bits per heavy atom. The molecular weight excluding hydrogens is 362 g/mol. The van der Waals surface area contributed by atoms with Crippen LogP contribution in [0.15, 0.2) is 53.8 Å². The number of rotatable bonds is 4. The van der Waals surface area contributed by atoms with Gasteiger partial charge in [0.05, 0.1) is 17.4 Å². The summed E-state index contributed by atoms with van der Waals surface area (Å²) in [5, 5.41) is 0.637. The number of hydrogen-bond donors (Lipinski definition) is 0. The van der Waals surface area contributed by atoms with Crippen molar-refractivity contribution in [2.75, 3.05) is 7.11 Å². The topological polar surface area (TPSA) is 74.1 Å². The van der Waals surface area contributed by atoms with Crippen molar-refractivity contribution >= 4 is 26.6 Å². The summed E-state index contributed by atoms with van der Waals surface area (Å²) in [5.74, 6) is 0.384. The quantitative estimate of drug-likeness (QED) is 0.670. The fraction of sp³-hybridized carbons (Fsp3) is 0.300. The SMILES string of the molecule is CC.COc1ncnc2c1c(C1=CCCC1)cn2S(=O)(=O)c1ccccc1. The molecule has 142 valence electrons. The van der Waals surface area contributed by atoms with Crippen molar-refractivity contribution in [3.63, 3.8) is 0 Å². The first kappa shape index (κ1) is 19.1. The molecule has 27 heavy (non-hydrogen) atoms. The Kier molecular flexibility index (Phi) is 5.60. The number of ether oxygens (including phenoxy) is 1. The van der Waals surface area contributed by atoms with Gasteiger partial charge in [0.2, 0.25) is 5.88 Å². The van der Waals surface area contributed by atoms with E-state index in [-0.39, 0.29) is 4.90 Å². The molecule has 3 aromatic rings. The van der Waals surface area contributed by atoms with Crippen molar-refractivity contribution in [1.82, 2.24) is 13.9 Å². The predicted octanol–water partition coefficient (Wildman–Crippen LogP) is 4.27. The lowest BCUT2D eigenvalue weighted by Gasteiger charge is -2.07. The number of methoxy groups -OCH3 is 1. The molecular formula is C20H23N3O3S. The van der Waals surface area contributed by atoms with Crippen molar-refractivity contribution in [3.05, 3.63) is 54.5 Å². The van der Waals surface area contributed by atoms with Gasteiger partial charge in [0.1, 0.15) is 6.33 Å². The van der Waals surface area contributed by atoms with Gasteiger partial charge in [-0.15, -0.1) is 0 Å². The van der Waals surface area contributed by atoms with Crippen molar-refractivity contribution in [3.8, 4) is 5.88 Å². The molecule has 1 aliphatic carbocycles. The second kappa shape index (κ2) is 7.92. The third-order valence-corrected chi connectivity index (χ3v) is 6.06. The molecule has 0 fully saturated rings. The molecule has 1 aliphatic rings. The van der Waals surface area contributed by atoms with Crippen LogP contribution in [0.1, 0.15) is 38.7 Å². The summed E-state index contributed by atoms with van der Waals surface area (Å²) in [6.07, 6.45) is 8.06. The van der Waals surface area contributed by atoms with Crippen LogP contribution in [-0.2, 0) is 10.0 Å². The van der Waals surface area contributed by atoms with E-state index in [1.54, 1.807) is 36.5 Å². The first-order chi connectivity index (χ1) is 13.1. The summed E-state index contributed by atoms with van der Waals surface area (Å²) in [4.78, 5) is 8.61. The molecule has 0 radical (unpaired) electrons. The molecule has 2 aromatic heterocycles. The summed E-state index contributed by atoms with van der Waals surface area (Å²) < 4.78 is 32.8. The molecule has 0 saturated heterocycles. The van der Waals surface area contributed by atoms with Crippen LogP contribution in [-0.4, -0.2) is 29.5 Å². The highest BCUT2D eigenvalue weighted by molar-refractivity contribution is 7.90. The summed E-state index contributed by atoms with van der Waals surface area (Å²) >= 11 is 0. The van der Waals surface area contributed by atoms with Gasteiger partial charge in [-0.1, -0.05) is 38.1 Å². The number of fused-ring (bicyclic) bond motifs is 1. The van der Waals surface area contributed by atoms with E-state index in [4.69, 9.17) is 4.74 Å². The number of aromatic nitrogens is 3. The Morgan fingerprint density at radius 2 is 1.85 bits per heavy atom. The van der Waals surface area contributed by atoms with E-state index in [1.165, 1.54) is 17.4 Å². The van der Waals surface area contributed by atoms with Gasteiger partial charge in [-0.3, -0.25) is 0 Å². The predicted molar refractivity (Wildman–Crippen MR) is 106 cm³/mol. The van der Waals surface area contributed by atoms with Crippen LogP contribution in [0.4, 0.5) is 0 Å². The molecule has 0 amide bonds. The molecule has 1 aromatic carbocycles. The van der Waals surface area contributed by atoms with E-state index in [2.05, 4.69) is 16.0 Å². The highest BCUT2D eigenvalue weighted by Crippen LogP contribution is 2.37. The highest BCUT2D eigenvalue weighted by Gasteiger charge is 2.26. The monoisotopic (exact) mass is 385 g/mol. The number of allylic oxidation sites excluding steroid dienone is 2. The molecule has 0 spiro atoms. The van der Waals surface area contributed by atoms with Gasteiger partial charge in [-0.05, 0) is 37.0 Å². The maximum Gasteiger partial charge on any atom is 0.269 e. The first-order valence-corrected chi connectivity index (χ1v) is 10.5. The fourth-order valence-electron chi connectivity index (χ4n) is 3.21. The van der Waals surface area contributed by atoms with Crippen molar-refractivity contribution in [1.29, 1.82) is 0 Å². The molecule has 0 N–H and O–H groups in total. The number of nitrogens with zero attached hydrogens (tertiary/aromatic N) is 3. The van der Waals surface area contributed by atoms with Crippen LogP contribution in [0.2, 0.25) is 0 Å². The average molecular weight is 385 g/mol. The molecule has 0 aliphatic heterocycles. The Labute approximate surface area is 159 Å². The summed E-state index contributed by atoms with van der Waals surface area (Å²) in [7, 11) is -2.23. The molecule has 2 heterocycles. The van der Waals surface area contributed by atoms with Crippen LogP contribution < -0.4 is 4.74 Å². The third kappa shape index (κ3) is 3.35. The zero-order valence-electron chi connectivity index (χ0n) is 15.7. The van der Waals surface area contributed by atoms with Crippen LogP contribution >= 0.6 is 0 Å². The van der Waals surface area contributed by atoms with E-state index in [0.717, 1.165) is 30.4 Å². The van der Waals surface area contributed by atoms with Gasteiger partial charge in [0.25, 0.3) is 10.0 Å². The average Bonchev–Trinajstić information content (AvgIpc) is 3.38. The van der Waals surface area contributed by atoms with Crippen LogP contribution in [0.3, 0.4) is 0 Å². The normalized spacial score (nSPS) is 13.8. The lowest BCUT2D eigenvalue weighted by molar-refractivity contribution is 0.402. The molecule has 0 bridgehead atoms. The van der Waals surface area contributed by atoms with Gasteiger partial charge in [-0.2, -0.15) is 0 Å². The molecule has 0 unspecified atom stereocenters. The van der Waals surface area contributed by atoms with Crippen molar-refractivity contribution in [2.45, 2.75) is 38.0 Å². The third-order valence-electron chi connectivity index (χ3n) is 4.40. The van der Waals surface area contributed by atoms with Crippen LogP contribution in [0.5, 0.6) is 5.88 Å². The largest absolute Gasteiger partial charge is 0.480 e. The summed E-state index contributed by atoms with van der Waals surface area (Å²) in [6, 6.07) is 8.35. The molecule has 4 rings (SSSR count). The standard InChI is InChI=1S/C18H17N3O3S.C2H6/c1-24-18-16-15(13-7-5-6-8-13)11-21(17(16)19-12-20-18)25(22,23)14-9-3-2-4-10-14;1-2/h2-4,7,9-12H,5-6,8H2,1H3;1-2H3. The second-order valence-electron chi connectivity index (χ2n) is 5.86. The van der Waals surface area contributed by atoms with Crippen molar-refractivity contribution < 1.29 is 13.2 Å². The Hall–Kier alpha value is -2.67. The maximum atomic E-state index is 13.1. The van der Waals surface area contributed by atoms with Gasteiger partial charge < -0.3 is 4.74 Å². The minimum Gasteiger partial charge on any atom is -0.480 e. The van der Waals surface area contributed by atoms with E-state index in [9.17, 15) is 8.42 Å². The van der Waals surface area contributed by atoms with Gasteiger partial charge in [-0.25, -0.2) is 22.4 Å². The van der Waals surface area contributed by atoms with Gasteiger partial charge in [0, 0.05) is 11.8 Å². The minimum atomic E-state index is -3.76. The van der Waals surface area contributed by atoms with Crippen molar-refractivity contribution in [2.24, 2.45) is 0 Å². The smallest absolute Gasteiger partial charge is 0.269 e. The number of benzene rings is 1. The Balaban J connectivity index is 0.00000102. The van der Waals surface area contributed by atoms with E-state index in [1.807, 2.05) is 13.8 Å². The Bertz CT molecular complexity index is 1070. The van der Waals surface area contributed by atoms with E-state index < -0.39 is 10.0 Å². The minimum absolute atomic E-state index is 0.219. The summed E-state index contributed by atoms with van der Waals surface area (Å²) in [6.45, 7) is 4.00. The zero-order chi connectivity index (χ0) is 19.4. The molecule has 6 nitrogen and oxygen atoms in total. The lowest BCUT2D eigenvalue weighted by Crippen LogP contribution is -2.12. The maximum absolute atomic E-state index is 13.1. The summed E-state index contributed by atoms with van der Waals surface area (Å²) in [5.41, 5.74) is 2.27. The Morgan fingerprint density at radius 1 is 1.11 bits per heavy atom. The second-order valence-corrected chi connectivity index (χ2v) is 7.67. The molecule has 7 heteroatoms.